The van der Waals surface area contributed by atoms with Gasteiger partial charge < -0.3 is 15.0 Å². The van der Waals surface area contributed by atoms with Crippen LogP contribution >= 0.6 is 0 Å². The molecule has 0 amide bonds. The number of hydrogen-bond acceptors (Lipinski definition) is 4. The Morgan fingerprint density at radius 3 is 2.72 bits per heavy atom. The first-order chi connectivity index (χ1) is 8.54. The van der Waals surface area contributed by atoms with Crippen molar-refractivity contribution in [3.8, 4) is 0 Å². The molecule has 0 saturated heterocycles. The lowest BCUT2D eigenvalue weighted by Gasteiger charge is -2.17. The molecule has 4 nitrogen and oxygen atoms in total. The monoisotopic (exact) mass is 250 g/mol. The lowest BCUT2D eigenvalue weighted by Crippen LogP contribution is -2.11. The zero-order chi connectivity index (χ0) is 13.5. The fourth-order valence-electron chi connectivity index (χ4n) is 1.77. The third kappa shape index (κ3) is 4.28. The summed E-state index contributed by atoms with van der Waals surface area (Å²) in [6.45, 7) is 2.86. The third-order valence-corrected chi connectivity index (χ3v) is 2.81. The molecule has 0 atom stereocenters. The largest absolute Gasteiger partial charge is 0.469 e. The Hall–Kier alpha value is -1.71. The van der Waals surface area contributed by atoms with E-state index >= 15 is 0 Å². The number of hydrogen-bond donors (Lipinski definition) is 1. The highest BCUT2D eigenvalue weighted by molar-refractivity contribution is 5.69. The van der Waals surface area contributed by atoms with Gasteiger partial charge in [-0.25, -0.2) is 0 Å². The first-order valence-electron chi connectivity index (χ1n) is 6.13. The van der Waals surface area contributed by atoms with Gasteiger partial charge in [0, 0.05) is 38.4 Å². The van der Waals surface area contributed by atoms with E-state index in [9.17, 15) is 4.79 Å². The third-order valence-electron chi connectivity index (χ3n) is 2.81. The Balaban J connectivity index is 2.48. The Morgan fingerprint density at radius 2 is 2.11 bits per heavy atom. The van der Waals surface area contributed by atoms with Crippen LogP contribution in [0.25, 0.3) is 0 Å². The second-order valence-electron chi connectivity index (χ2n) is 4.50. The van der Waals surface area contributed by atoms with E-state index in [1.165, 1.54) is 18.4 Å². The van der Waals surface area contributed by atoms with Crippen molar-refractivity contribution in [1.29, 1.82) is 0 Å². The van der Waals surface area contributed by atoms with Gasteiger partial charge in [-0.2, -0.15) is 0 Å². The van der Waals surface area contributed by atoms with Gasteiger partial charge in [0.1, 0.15) is 0 Å². The minimum Gasteiger partial charge on any atom is -0.469 e. The van der Waals surface area contributed by atoms with Crippen LogP contribution in [0.4, 0.5) is 11.4 Å². The number of carbonyl (C=O) groups is 1. The lowest BCUT2D eigenvalue weighted by atomic mass is 10.1. The molecule has 1 aromatic carbocycles. The molecule has 0 unspecified atom stereocenters. The molecular formula is C14H22N2O2. The molecule has 0 bridgehead atoms. The van der Waals surface area contributed by atoms with E-state index in [0.717, 1.165) is 18.7 Å². The molecule has 0 saturated carbocycles. The van der Waals surface area contributed by atoms with Crippen molar-refractivity contribution in [1.82, 2.24) is 0 Å². The Kier molecular flexibility index (Phi) is 5.49. The van der Waals surface area contributed by atoms with Crippen LogP contribution in [0.15, 0.2) is 18.2 Å². The molecule has 0 aliphatic rings. The number of aryl methyl sites for hydroxylation is 1. The fraction of sp³-hybridized carbons (Fsp3) is 0.500. The normalized spacial score (nSPS) is 10.0. The summed E-state index contributed by atoms with van der Waals surface area (Å²) >= 11 is 0. The van der Waals surface area contributed by atoms with Crippen LogP contribution < -0.4 is 10.2 Å². The van der Waals surface area contributed by atoms with Gasteiger partial charge in [0.05, 0.1) is 7.11 Å². The Morgan fingerprint density at radius 1 is 1.39 bits per heavy atom. The lowest BCUT2D eigenvalue weighted by molar-refractivity contribution is -0.140. The summed E-state index contributed by atoms with van der Waals surface area (Å²) in [6.07, 6.45) is 1.23. The average Bonchev–Trinajstić information content (AvgIpc) is 2.35. The predicted octanol–water partition coefficient (Wildman–Crippen LogP) is 2.43. The maximum atomic E-state index is 11.0. The van der Waals surface area contributed by atoms with Crippen LogP contribution in [0.1, 0.15) is 18.4 Å². The van der Waals surface area contributed by atoms with Crippen LogP contribution in [0, 0.1) is 6.92 Å². The van der Waals surface area contributed by atoms with Crippen molar-refractivity contribution in [2.24, 2.45) is 0 Å². The van der Waals surface area contributed by atoms with Crippen LogP contribution in [-0.2, 0) is 9.53 Å². The molecule has 0 heterocycles. The summed E-state index contributed by atoms with van der Waals surface area (Å²) in [5.41, 5.74) is 3.53. The van der Waals surface area contributed by atoms with Gasteiger partial charge in [-0.15, -0.1) is 0 Å². The number of nitrogens with zero attached hydrogens (tertiary/aromatic N) is 1. The molecule has 0 spiro atoms. The number of ether oxygens (including phenoxy) is 1. The van der Waals surface area contributed by atoms with Gasteiger partial charge in [0.2, 0.25) is 0 Å². The minimum absolute atomic E-state index is 0.158. The number of nitrogens with one attached hydrogen (secondary N) is 1. The summed E-state index contributed by atoms with van der Waals surface area (Å²) in [7, 11) is 5.48. The molecule has 4 heteroatoms. The maximum Gasteiger partial charge on any atom is 0.305 e. The number of carbonyl (C=O) groups excluding carboxylic acids is 1. The van der Waals surface area contributed by atoms with Crippen LogP contribution in [0.5, 0.6) is 0 Å². The van der Waals surface area contributed by atoms with Gasteiger partial charge in [0.15, 0.2) is 0 Å². The van der Waals surface area contributed by atoms with E-state index < -0.39 is 0 Å². The number of benzene rings is 1. The van der Waals surface area contributed by atoms with Crippen molar-refractivity contribution in [3.63, 3.8) is 0 Å². The molecule has 18 heavy (non-hydrogen) atoms. The summed E-state index contributed by atoms with van der Waals surface area (Å²) in [5.74, 6) is -0.158. The Labute approximate surface area is 109 Å². The van der Waals surface area contributed by atoms with Gasteiger partial charge in [0.25, 0.3) is 0 Å². The first-order valence-corrected chi connectivity index (χ1v) is 6.13. The van der Waals surface area contributed by atoms with E-state index in [-0.39, 0.29) is 5.97 Å². The molecule has 0 aromatic heterocycles. The summed E-state index contributed by atoms with van der Waals surface area (Å²) in [4.78, 5) is 13.0. The summed E-state index contributed by atoms with van der Waals surface area (Å²) < 4.78 is 4.60. The summed E-state index contributed by atoms with van der Waals surface area (Å²) in [6, 6.07) is 6.27. The zero-order valence-electron chi connectivity index (χ0n) is 11.6. The molecule has 1 rings (SSSR count). The predicted molar refractivity (Wildman–Crippen MR) is 75.2 cm³/mol. The molecule has 1 aromatic rings. The molecule has 0 radical (unpaired) electrons. The number of rotatable bonds is 6. The average molecular weight is 250 g/mol. The van der Waals surface area contributed by atoms with Gasteiger partial charge in [-0.3, -0.25) is 4.79 Å². The van der Waals surface area contributed by atoms with Crippen molar-refractivity contribution in [2.45, 2.75) is 19.8 Å². The molecule has 0 aliphatic heterocycles. The smallest absolute Gasteiger partial charge is 0.305 e. The number of anilines is 2. The highest BCUT2D eigenvalue weighted by Crippen LogP contribution is 2.22. The minimum atomic E-state index is -0.158. The van der Waals surface area contributed by atoms with Crippen molar-refractivity contribution >= 4 is 17.3 Å². The van der Waals surface area contributed by atoms with E-state index in [1.807, 2.05) is 14.1 Å². The van der Waals surface area contributed by atoms with E-state index in [4.69, 9.17) is 0 Å². The number of methoxy groups -OCH3 is 1. The molecule has 0 aliphatic carbocycles. The fourth-order valence-corrected chi connectivity index (χ4v) is 1.77. The van der Waals surface area contributed by atoms with Crippen LogP contribution in [0.2, 0.25) is 0 Å². The first kappa shape index (κ1) is 14.4. The topological polar surface area (TPSA) is 41.6 Å². The highest BCUT2D eigenvalue weighted by Gasteiger charge is 2.03. The SMILES string of the molecule is COC(=O)CCCNc1ccc(C)c(N(C)C)c1. The van der Waals surface area contributed by atoms with Crippen molar-refractivity contribution < 1.29 is 9.53 Å². The van der Waals surface area contributed by atoms with Gasteiger partial charge in [-0.1, -0.05) is 6.07 Å². The van der Waals surface area contributed by atoms with Crippen LogP contribution in [-0.4, -0.2) is 33.7 Å². The molecule has 0 fully saturated rings. The van der Waals surface area contributed by atoms with E-state index in [2.05, 4.69) is 40.1 Å². The zero-order valence-corrected chi connectivity index (χ0v) is 11.6. The van der Waals surface area contributed by atoms with Crippen molar-refractivity contribution in [3.05, 3.63) is 23.8 Å². The quantitative estimate of drug-likeness (QED) is 0.622. The second-order valence-corrected chi connectivity index (χ2v) is 4.50. The second kappa shape index (κ2) is 6.89. The van der Waals surface area contributed by atoms with Gasteiger partial charge in [-0.05, 0) is 31.0 Å². The summed E-state index contributed by atoms with van der Waals surface area (Å²) in [5, 5.41) is 3.31. The van der Waals surface area contributed by atoms with E-state index in [0.29, 0.717) is 6.42 Å². The molecule has 100 valence electrons. The van der Waals surface area contributed by atoms with Crippen LogP contribution in [0.3, 0.4) is 0 Å². The van der Waals surface area contributed by atoms with Gasteiger partial charge >= 0.3 is 5.97 Å². The number of esters is 1. The van der Waals surface area contributed by atoms with Crippen molar-refractivity contribution in [2.75, 3.05) is 38.0 Å². The van der Waals surface area contributed by atoms with E-state index in [1.54, 1.807) is 0 Å². The highest BCUT2D eigenvalue weighted by atomic mass is 16.5. The molecule has 1 N–H and O–H groups in total. The standard InChI is InChI=1S/C14H22N2O2/c1-11-7-8-12(10-13(11)16(2)3)15-9-5-6-14(17)18-4/h7-8,10,15H,5-6,9H2,1-4H3. The molecular weight excluding hydrogens is 228 g/mol. The maximum absolute atomic E-state index is 11.0. The Bertz CT molecular complexity index is 403.